The molecule has 2 N–H and O–H groups in total. The predicted molar refractivity (Wildman–Crippen MR) is 86.8 cm³/mol. The highest BCUT2D eigenvalue weighted by atomic mass is 16.5. The van der Waals surface area contributed by atoms with Gasteiger partial charge in [0.25, 0.3) is 0 Å². The minimum absolute atomic E-state index is 0.541. The Kier molecular flexibility index (Phi) is 6.68. The third-order valence-electron chi connectivity index (χ3n) is 2.77. The molecule has 6 heteroatoms. The molecule has 0 saturated carbocycles. The van der Waals surface area contributed by atoms with Gasteiger partial charge in [-0.05, 0) is 31.2 Å². The molecule has 0 aliphatic carbocycles. The van der Waals surface area contributed by atoms with E-state index in [-0.39, 0.29) is 0 Å². The molecular weight excluding hydrogens is 278 g/mol. The molecule has 0 saturated heterocycles. The van der Waals surface area contributed by atoms with Crippen LogP contribution in [0.25, 0.3) is 0 Å². The fourth-order valence-corrected chi connectivity index (χ4v) is 1.76. The first-order chi connectivity index (χ1) is 10.9. The van der Waals surface area contributed by atoms with Crippen molar-refractivity contribution in [2.75, 3.05) is 19.7 Å². The standard InChI is InChI=1S/C16H21N5O/c1-2-18-16(21-12-14-6-3-4-9-19-14)20-10-11-22-15-7-5-8-17-13-15/h3-9,13H,2,10-12H2,1H3,(H2,18,20,21). The quantitative estimate of drug-likeness (QED) is 0.462. The second-order valence-electron chi connectivity index (χ2n) is 4.48. The largest absolute Gasteiger partial charge is 0.490 e. The van der Waals surface area contributed by atoms with Crippen LogP contribution in [0.1, 0.15) is 12.6 Å². The average Bonchev–Trinajstić information content (AvgIpc) is 2.58. The van der Waals surface area contributed by atoms with Crippen LogP contribution in [0.3, 0.4) is 0 Å². The monoisotopic (exact) mass is 299 g/mol. The number of nitrogens with zero attached hydrogens (tertiary/aromatic N) is 3. The Morgan fingerprint density at radius 2 is 2.14 bits per heavy atom. The van der Waals surface area contributed by atoms with Crippen molar-refractivity contribution in [1.29, 1.82) is 0 Å². The number of aromatic nitrogens is 2. The number of hydrogen-bond acceptors (Lipinski definition) is 4. The van der Waals surface area contributed by atoms with Gasteiger partial charge in [-0.25, -0.2) is 4.99 Å². The molecule has 0 bridgehead atoms. The van der Waals surface area contributed by atoms with Gasteiger partial charge in [-0.3, -0.25) is 9.97 Å². The van der Waals surface area contributed by atoms with E-state index < -0.39 is 0 Å². The summed E-state index contributed by atoms with van der Waals surface area (Å²) in [7, 11) is 0. The Bertz CT molecular complexity index is 559. The number of hydrogen-bond donors (Lipinski definition) is 2. The van der Waals surface area contributed by atoms with Crippen LogP contribution in [0.4, 0.5) is 0 Å². The molecule has 0 aliphatic heterocycles. The first-order valence-corrected chi connectivity index (χ1v) is 7.33. The molecule has 0 aliphatic rings. The molecule has 2 heterocycles. The number of ether oxygens (including phenoxy) is 1. The zero-order valence-electron chi connectivity index (χ0n) is 12.7. The van der Waals surface area contributed by atoms with Crippen molar-refractivity contribution in [2.24, 2.45) is 4.99 Å². The zero-order chi connectivity index (χ0) is 15.5. The summed E-state index contributed by atoms with van der Waals surface area (Å²) in [6, 6.07) is 9.54. The van der Waals surface area contributed by atoms with E-state index in [9.17, 15) is 0 Å². The minimum Gasteiger partial charge on any atom is -0.490 e. The maximum Gasteiger partial charge on any atom is 0.191 e. The van der Waals surface area contributed by atoms with Gasteiger partial charge < -0.3 is 15.4 Å². The van der Waals surface area contributed by atoms with E-state index in [0.717, 1.165) is 23.9 Å². The zero-order valence-corrected chi connectivity index (χ0v) is 12.7. The lowest BCUT2D eigenvalue weighted by Gasteiger charge is -2.11. The number of rotatable bonds is 7. The molecular formula is C16H21N5O. The SMILES string of the molecule is CCNC(=NCc1ccccn1)NCCOc1cccnc1. The van der Waals surface area contributed by atoms with Crippen molar-refractivity contribution in [3.8, 4) is 5.75 Å². The van der Waals surface area contributed by atoms with Crippen LogP contribution in [0.2, 0.25) is 0 Å². The highest BCUT2D eigenvalue weighted by molar-refractivity contribution is 5.79. The summed E-state index contributed by atoms with van der Waals surface area (Å²) in [6.07, 6.45) is 5.19. The maximum absolute atomic E-state index is 5.58. The van der Waals surface area contributed by atoms with Gasteiger partial charge in [0.05, 0.1) is 25.0 Å². The van der Waals surface area contributed by atoms with Crippen molar-refractivity contribution >= 4 is 5.96 Å². The molecule has 0 aromatic carbocycles. The summed E-state index contributed by atoms with van der Waals surface area (Å²) in [5.41, 5.74) is 0.936. The van der Waals surface area contributed by atoms with Crippen LogP contribution < -0.4 is 15.4 Å². The van der Waals surface area contributed by atoms with Crippen molar-refractivity contribution in [3.63, 3.8) is 0 Å². The molecule has 0 amide bonds. The fraction of sp³-hybridized carbons (Fsp3) is 0.312. The van der Waals surface area contributed by atoms with Gasteiger partial charge in [-0.15, -0.1) is 0 Å². The fourth-order valence-electron chi connectivity index (χ4n) is 1.76. The Morgan fingerprint density at radius 3 is 2.86 bits per heavy atom. The Morgan fingerprint density at radius 1 is 1.18 bits per heavy atom. The van der Waals surface area contributed by atoms with Gasteiger partial charge in [-0.2, -0.15) is 0 Å². The third kappa shape index (κ3) is 5.78. The van der Waals surface area contributed by atoms with Crippen LogP contribution >= 0.6 is 0 Å². The van der Waals surface area contributed by atoms with Gasteiger partial charge in [-0.1, -0.05) is 6.07 Å². The van der Waals surface area contributed by atoms with Crippen LogP contribution in [0.5, 0.6) is 5.75 Å². The second-order valence-corrected chi connectivity index (χ2v) is 4.48. The van der Waals surface area contributed by atoms with E-state index in [0.29, 0.717) is 19.7 Å². The number of nitrogens with one attached hydrogen (secondary N) is 2. The van der Waals surface area contributed by atoms with Gasteiger partial charge in [0.2, 0.25) is 0 Å². The average molecular weight is 299 g/mol. The van der Waals surface area contributed by atoms with Crippen LogP contribution in [-0.4, -0.2) is 35.6 Å². The van der Waals surface area contributed by atoms with Gasteiger partial charge in [0, 0.05) is 18.9 Å². The smallest absolute Gasteiger partial charge is 0.191 e. The first-order valence-electron chi connectivity index (χ1n) is 7.33. The van der Waals surface area contributed by atoms with Gasteiger partial charge in [0.15, 0.2) is 5.96 Å². The van der Waals surface area contributed by atoms with Crippen LogP contribution in [-0.2, 0) is 6.54 Å². The van der Waals surface area contributed by atoms with Crippen molar-refractivity contribution in [2.45, 2.75) is 13.5 Å². The predicted octanol–water partition coefficient (Wildman–Crippen LogP) is 1.61. The Balaban J connectivity index is 1.76. The molecule has 0 atom stereocenters. The highest BCUT2D eigenvalue weighted by Crippen LogP contribution is 2.04. The van der Waals surface area contributed by atoms with E-state index >= 15 is 0 Å². The molecule has 6 nitrogen and oxygen atoms in total. The van der Waals surface area contributed by atoms with E-state index in [2.05, 4.69) is 25.6 Å². The molecule has 0 unspecified atom stereocenters. The van der Waals surface area contributed by atoms with Crippen LogP contribution in [0.15, 0.2) is 53.9 Å². The second kappa shape index (κ2) is 9.33. The van der Waals surface area contributed by atoms with Crippen LogP contribution in [0, 0.1) is 0 Å². The third-order valence-corrected chi connectivity index (χ3v) is 2.77. The Labute approximate surface area is 130 Å². The molecule has 2 aromatic rings. The van der Waals surface area contributed by atoms with Crippen molar-refractivity contribution < 1.29 is 4.74 Å². The topological polar surface area (TPSA) is 71.4 Å². The minimum atomic E-state index is 0.541. The summed E-state index contributed by atoms with van der Waals surface area (Å²) in [6.45, 7) is 4.57. The highest BCUT2D eigenvalue weighted by Gasteiger charge is 1.98. The number of pyridine rings is 2. The van der Waals surface area contributed by atoms with E-state index in [4.69, 9.17) is 4.74 Å². The van der Waals surface area contributed by atoms with E-state index in [1.165, 1.54) is 0 Å². The molecule has 2 aromatic heterocycles. The number of aliphatic imine (C=N–C) groups is 1. The Hall–Kier alpha value is -2.63. The van der Waals surface area contributed by atoms with Gasteiger partial charge >= 0.3 is 0 Å². The lowest BCUT2D eigenvalue weighted by atomic mass is 10.3. The van der Waals surface area contributed by atoms with Crippen molar-refractivity contribution in [1.82, 2.24) is 20.6 Å². The lowest BCUT2D eigenvalue weighted by Crippen LogP contribution is -2.39. The molecule has 2 rings (SSSR count). The summed E-state index contributed by atoms with van der Waals surface area (Å²) >= 11 is 0. The molecule has 0 radical (unpaired) electrons. The molecule has 116 valence electrons. The normalized spacial score (nSPS) is 11.0. The van der Waals surface area contributed by atoms with Gasteiger partial charge in [0.1, 0.15) is 12.4 Å². The summed E-state index contributed by atoms with van der Waals surface area (Å²) in [5.74, 6) is 1.52. The summed E-state index contributed by atoms with van der Waals surface area (Å²) < 4.78 is 5.58. The molecule has 0 fully saturated rings. The van der Waals surface area contributed by atoms with E-state index in [1.807, 2.05) is 37.3 Å². The summed E-state index contributed by atoms with van der Waals surface area (Å²) in [5, 5.41) is 6.42. The maximum atomic E-state index is 5.58. The lowest BCUT2D eigenvalue weighted by molar-refractivity contribution is 0.320. The number of guanidine groups is 1. The summed E-state index contributed by atoms with van der Waals surface area (Å²) in [4.78, 5) is 12.7. The van der Waals surface area contributed by atoms with E-state index in [1.54, 1.807) is 18.6 Å². The molecule has 0 spiro atoms. The van der Waals surface area contributed by atoms with Crippen molar-refractivity contribution in [3.05, 3.63) is 54.6 Å². The molecule has 22 heavy (non-hydrogen) atoms. The first kappa shape index (κ1) is 15.8.